The maximum absolute atomic E-state index is 7.72. The van der Waals surface area contributed by atoms with E-state index in [1.807, 2.05) is 18.2 Å². The van der Waals surface area contributed by atoms with Gasteiger partial charge in [-0.15, -0.1) is 0 Å². The molecule has 0 amide bonds. The maximum atomic E-state index is 7.72. The fraction of sp³-hybridized carbons (Fsp3) is 0.294. The van der Waals surface area contributed by atoms with Crippen molar-refractivity contribution in [3.63, 3.8) is 0 Å². The molecule has 0 N–H and O–H groups in total. The van der Waals surface area contributed by atoms with E-state index in [-0.39, 0.29) is 10.8 Å². The van der Waals surface area contributed by atoms with E-state index in [4.69, 9.17) is 15.5 Å². The van der Waals surface area contributed by atoms with E-state index >= 15 is 0 Å². The molecular formula is C34H39O4Sb. The first-order valence-corrected chi connectivity index (χ1v) is 19.3. The third kappa shape index (κ3) is 4.02. The number of benzene rings is 4. The Balaban J connectivity index is 2.05. The summed E-state index contributed by atoms with van der Waals surface area (Å²) in [4.78, 5) is 0. The van der Waals surface area contributed by atoms with E-state index in [2.05, 4.69) is 114 Å². The average molecular weight is 633 g/mol. The molecule has 0 unspecified atom stereocenters. The van der Waals surface area contributed by atoms with E-state index in [1.54, 1.807) is 14.2 Å². The predicted molar refractivity (Wildman–Crippen MR) is 162 cm³/mol. The second-order valence-corrected chi connectivity index (χ2v) is 23.1. The molecule has 0 aliphatic carbocycles. The quantitative estimate of drug-likeness (QED) is 0.246. The molecule has 5 rings (SSSR count). The molecule has 0 spiro atoms. The van der Waals surface area contributed by atoms with E-state index in [1.165, 1.54) is 0 Å². The summed E-state index contributed by atoms with van der Waals surface area (Å²) in [5.74, 6) is 2.90. The van der Waals surface area contributed by atoms with Crippen LogP contribution < -0.4 is 26.0 Å². The third-order valence-electron chi connectivity index (χ3n) is 7.44. The Morgan fingerprint density at radius 1 is 0.487 bits per heavy atom. The molecular weight excluding hydrogens is 594 g/mol. The van der Waals surface area contributed by atoms with Gasteiger partial charge in [0.1, 0.15) is 0 Å². The second-order valence-electron chi connectivity index (χ2n) is 12.1. The van der Waals surface area contributed by atoms with Crippen molar-refractivity contribution < 1.29 is 15.5 Å². The minimum atomic E-state index is -5.24. The molecule has 0 fully saturated rings. The van der Waals surface area contributed by atoms with Gasteiger partial charge in [-0.3, -0.25) is 0 Å². The van der Waals surface area contributed by atoms with Crippen molar-refractivity contribution in [1.82, 2.24) is 0 Å². The summed E-state index contributed by atoms with van der Waals surface area (Å²) in [7, 11) is 3.41. The number of rotatable bonds is 5. The van der Waals surface area contributed by atoms with Crippen LogP contribution in [0.1, 0.15) is 52.7 Å². The molecule has 4 aromatic rings. The first kappa shape index (κ1) is 27.5. The average Bonchev–Trinajstić information content (AvgIpc) is 3.30. The van der Waals surface area contributed by atoms with Crippen LogP contribution in [0, 0.1) is 0 Å². The van der Waals surface area contributed by atoms with Gasteiger partial charge in [0.05, 0.1) is 0 Å². The summed E-state index contributed by atoms with van der Waals surface area (Å²) >= 11 is -5.24. The van der Waals surface area contributed by atoms with Crippen LogP contribution in [0.4, 0.5) is 0 Å². The molecule has 4 nitrogen and oxygen atoms in total. The summed E-state index contributed by atoms with van der Waals surface area (Å²) in [6.45, 7) is 13.1. The van der Waals surface area contributed by atoms with Crippen molar-refractivity contribution >= 4 is 28.8 Å². The van der Waals surface area contributed by atoms with E-state index < -0.39 is 18.2 Å². The van der Waals surface area contributed by atoms with Gasteiger partial charge in [-0.1, -0.05) is 0 Å². The summed E-state index contributed by atoms with van der Waals surface area (Å²) in [5.41, 5.74) is 1.24. The SMILES string of the molecule is COc1c(OC)c(C(C)(C)C)c2c(c1C(C)(C)C)[O][Sb]([c]1ccccc1)([c]1ccccc1)([c]1ccccc1)[O]2. The second kappa shape index (κ2) is 9.52. The number of methoxy groups -OCH3 is 2. The van der Waals surface area contributed by atoms with Crippen LogP contribution in [0.5, 0.6) is 23.0 Å². The van der Waals surface area contributed by atoms with Gasteiger partial charge in [-0.05, 0) is 0 Å². The van der Waals surface area contributed by atoms with Crippen LogP contribution in [-0.2, 0) is 10.8 Å². The van der Waals surface area contributed by atoms with Crippen molar-refractivity contribution in [1.29, 1.82) is 0 Å². The molecule has 0 saturated heterocycles. The van der Waals surface area contributed by atoms with Crippen LogP contribution in [0.3, 0.4) is 0 Å². The van der Waals surface area contributed by atoms with Gasteiger partial charge in [0.15, 0.2) is 0 Å². The summed E-state index contributed by atoms with van der Waals surface area (Å²) in [5, 5.41) is 0. The van der Waals surface area contributed by atoms with Gasteiger partial charge < -0.3 is 0 Å². The molecule has 0 atom stereocenters. The number of hydrogen-bond acceptors (Lipinski definition) is 4. The molecule has 39 heavy (non-hydrogen) atoms. The van der Waals surface area contributed by atoms with Crippen molar-refractivity contribution in [2.45, 2.75) is 52.4 Å². The standard InChI is InChI=1S/C16H26O4.3C6H5.Sb/c1-15(2,3)9-11(17)12(18)10(16(4,5)6)14(20-8)13(9)19-7;3*1-2-4-6-5-3-1;/h17-18H,1-8H3;3*1-5H;/q;;;;+2/p-2. The van der Waals surface area contributed by atoms with Gasteiger partial charge >= 0.3 is 236 Å². The molecule has 0 saturated carbocycles. The van der Waals surface area contributed by atoms with E-state index in [0.717, 1.165) is 33.2 Å². The first-order valence-electron chi connectivity index (χ1n) is 13.4. The Labute approximate surface area is 235 Å². The van der Waals surface area contributed by atoms with Gasteiger partial charge in [0.25, 0.3) is 0 Å². The molecule has 0 aromatic heterocycles. The summed E-state index contributed by atoms with van der Waals surface area (Å²) in [6.07, 6.45) is 0. The van der Waals surface area contributed by atoms with Gasteiger partial charge in [-0.25, -0.2) is 0 Å². The van der Waals surface area contributed by atoms with Crippen LogP contribution in [-0.4, -0.2) is 32.5 Å². The molecule has 1 aliphatic rings. The molecule has 1 aliphatic heterocycles. The number of hydrogen-bond donors (Lipinski definition) is 0. The van der Waals surface area contributed by atoms with Gasteiger partial charge in [-0.2, -0.15) is 0 Å². The monoisotopic (exact) mass is 632 g/mol. The topological polar surface area (TPSA) is 36.9 Å². The van der Waals surface area contributed by atoms with Crippen molar-refractivity contribution in [2.24, 2.45) is 0 Å². The van der Waals surface area contributed by atoms with Crippen molar-refractivity contribution in [2.75, 3.05) is 14.2 Å². The van der Waals surface area contributed by atoms with Crippen LogP contribution in [0.25, 0.3) is 0 Å². The predicted octanol–water partition coefficient (Wildman–Crippen LogP) is 6.19. The third-order valence-corrected chi connectivity index (χ3v) is 21.1. The van der Waals surface area contributed by atoms with Gasteiger partial charge in [0.2, 0.25) is 0 Å². The van der Waals surface area contributed by atoms with Gasteiger partial charge in [0, 0.05) is 0 Å². The fourth-order valence-corrected chi connectivity index (χ4v) is 19.4. The summed E-state index contributed by atoms with van der Waals surface area (Å²) in [6, 6.07) is 31.6. The van der Waals surface area contributed by atoms with E-state index in [9.17, 15) is 0 Å². The van der Waals surface area contributed by atoms with Crippen LogP contribution >= 0.6 is 0 Å². The molecule has 4 aromatic carbocycles. The zero-order valence-corrected chi connectivity index (χ0v) is 26.8. The molecule has 0 bridgehead atoms. The molecule has 204 valence electrons. The fourth-order valence-electron chi connectivity index (χ4n) is 5.81. The van der Waals surface area contributed by atoms with Crippen LogP contribution in [0.15, 0.2) is 91.0 Å². The normalized spacial score (nSPS) is 16.7. The Hall–Kier alpha value is -3.10. The number of fused-ring (bicyclic) bond motifs is 1. The van der Waals surface area contributed by atoms with Crippen LogP contribution in [0.2, 0.25) is 0 Å². The number of ether oxygens (including phenoxy) is 2. The molecule has 0 radical (unpaired) electrons. The van der Waals surface area contributed by atoms with Crippen molar-refractivity contribution in [3.05, 3.63) is 102 Å². The Kier molecular flexibility index (Phi) is 6.70. The molecule has 5 heteroatoms. The zero-order chi connectivity index (χ0) is 28.1. The Morgan fingerprint density at radius 3 is 1.00 bits per heavy atom. The zero-order valence-electron chi connectivity index (χ0n) is 24.2. The van der Waals surface area contributed by atoms with E-state index in [0.29, 0.717) is 11.5 Å². The minimum absolute atomic E-state index is 0.325. The summed E-state index contributed by atoms with van der Waals surface area (Å²) < 4.78 is 30.9. The Bertz CT molecular complexity index is 1330. The Morgan fingerprint density at radius 2 is 0.769 bits per heavy atom. The van der Waals surface area contributed by atoms with Crippen molar-refractivity contribution in [3.8, 4) is 23.0 Å². The molecule has 1 heterocycles. The first-order chi connectivity index (χ1) is 18.5.